The van der Waals surface area contributed by atoms with Gasteiger partial charge in [-0.2, -0.15) is 0 Å². The second kappa shape index (κ2) is 4.82. The SMILES string of the molecule is Brc1ccc(NCc2nc3ccccc3o2)cc1. The summed E-state index contributed by atoms with van der Waals surface area (Å²) in [5.41, 5.74) is 2.76. The molecule has 90 valence electrons. The molecule has 0 amide bonds. The van der Waals surface area contributed by atoms with Gasteiger partial charge in [0.1, 0.15) is 5.52 Å². The largest absolute Gasteiger partial charge is 0.439 e. The summed E-state index contributed by atoms with van der Waals surface area (Å²) < 4.78 is 6.70. The standard InChI is InChI=1S/C14H11BrN2O/c15-10-5-7-11(8-6-10)16-9-14-17-12-3-1-2-4-13(12)18-14/h1-8,16H,9H2. The number of benzene rings is 2. The van der Waals surface area contributed by atoms with Crippen LogP contribution < -0.4 is 5.32 Å². The Morgan fingerprint density at radius 2 is 1.83 bits per heavy atom. The molecule has 3 aromatic rings. The first-order valence-electron chi connectivity index (χ1n) is 5.65. The minimum Gasteiger partial charge on any atom is -0.439 e. The Kier molecular flexibility index (Phi) is 3.02. The maximum absolute atomic E-state index is 5.63. The van der Waals surface area contributed by atoms with Crippen LogP contribution in [0.25, 0.3) is 11.1 Å². The summed E-state index contributed by atoms with van der Waals surface area (Å²) in [7, 11) is 0. The summed E-state index contributed by atoms with van der Waals surface area (Å²) in [6, 6.07) is 15.8. The van der Waals surface area contributed by atoms with Crippen LogP contribution in [-0.4, -0.2) is 4.98 Å². The van der Waals surface area contributed by atoms with Gasteiger partial charge in [-0.1, -0.05) is 28.1 Å². The molecule has 18 heavy (non-hydrogen) atoms. The van der Waals surface area contributed by atoms with Gasteiger partial charge in [-0.3, -0.25) is 0 Å². The predicted molar refractivity (Wildman–Crippen MR) is 75.5 cm³/mol. The predicted octanol–water partition coefficient (Wildman–Crippen LogP) is 4.20. The van der Waals surface area contributed by atoms with Gasteiger partial charge in [-0.25, -0.2) is 4.98 Å². The molecule has 0 aliphatic heterocycles. The van der Waals surface area contributed by atoms with Crippen molar-refractivity contribution in [2.75, 3.05) is 5.32 Å². The van der Waals surface area contributed by atoms with Gasteiger partial charge < -0.3 is 9.73 Å². The summed E-state index contributed by atoms with van der Waals surface area (Å²) in [5.74, 6) is 0.694. The van der Waals surface area contributed by atoms with E-state index < -0.39 is 0 Å². The van der Waals surface area contributed by atoms with E-state index in [-0.39, 0.29) is 0 Å². The molecule has 1 aromatic heterocycles. The first-order chi connectivity index (χ1) is 8.81. The molecule has 0 bridgehead atoms. The van der Waals surface area contributed by atoms with Crippen molar-refractivity contribution < 1.29 is 4.42 Å². The van der Waals surface area contributed by atoms with E-state index in [1.165, 1.54) is 0 Å². The molecule has 4 heteroatoms. The number of halogens is 1. The highest BCUT2D eigenvalue weighted by Gasteiger charge is 2.04. The Morgan fingerprint density at radius 3 is 2.61 bits per heavy atom. The quantitative estimate of drug-likeness (QED) is 0.788. The lowest BCUT2D eigenvalue weighted by atomic mass is 10.3. The van der Waals surface area contributed by atoms with Crippen molar-refractivity contribution in [1.29, 1.82) is 0 Å². The molecule has 0 aliphatic carbocycles. The van der Waals surface area contributed by atoms with E-state index in [0.29, 0.717) is 12.4 Å². The van der Waals surface area contributed by atoms with Crippen LogP contribution in [0, 0.1) is 0 Å². The van der Waals surface area contributed by atoms with Crippen molar-refractivity contribution in [2.24, 2.45) is 0 Å². The van der Waals surface area contributed by atoms with Crippen LogP contribution in [0.4, 0.5) is 5.69 Å². The first-order valence-corrected chi connectivity index (χ1v) is 6.44. The molecule has 0 saturated carbocycles. The molecule has 1 N–H and O–H groups in total. The third-order valence-corrected chi connectivity index (χ3v) is 3.15. The number of anilines is 1. The Bertz CT molecular complexity index is 628. The topological polar surface area (TPSA) is 38.1 Å². The summed E-state index contributed by atoms with van der Waals surface area (Å²) >= 11 is 3.41. The van der Waals surface area contributed by atoms with E-state index in [0.717, 1.165) is 21.3 Å². The van der Waals surface area contributed by atoms with Crippen molar-refractivity contribution in [3.63, 3.8) is 0 Å². The van der Waals surface area contributed by atoms with Gasteiger partial charge in [0.2, 0.25) is 5.89 Å². The Morgan fingerprint density at radius 1 is 1.06 bits per heavy atom. The number of fused-ring (bicyclic) bond motifs is 1. The molecule has 0 unspecified atom stereocenters. The van der Waals surface area contributed by atoms with Crippen molar-refractivity contribution in [3.05, 3.63) is 58.9 Å². The number of nitrogens with zero attached hydrogens (tertiary/aromatic N) is 1. The van der Waals surface area contributed by atoms with Crippen LogP contribution in [0.3, 0.4) is 0 Å². The molecule has 0 aliphatic rings. The second-order valence-electron chi connectivity index (χ2n) is 3.94. The van der Waals surface area contributed by atoms with Gasteiger partial charge in [0.25, 0.3) is 0 Å². The number of hydrogen-bond acceptors (Lipinski definition) is 3. The molecule has 3 nitrogen and oxygen atoms in total. The van der Waals surface area contributed by atoms with Crippen LogP contribution >= 0.6 is 15.9 Å². The lowest BCUT2D eigenvalue weighted by Crippen LogP contribution is -1.98. The summed E-state index contributed by atoms with van der Waals surface area (Å²) in [4.78, 5) is 4.41. The summed E-state index contributed by atoms with van der Waals surface area (Å²) in [5, 5.41) is 3.27. The number of oxazole rings is 1. The average Bonchev–Trinajstić information content (AvgIpc) is 2.81. The number of rotatable bonds is 3. The van der Waals surface area contributed by atoms with E-state index >= 15 is 0 Å². The van der Waals surface area contributed by atoms with Crippen LogP contribution in [-0.2, 0) is 6.54 Å². The minimum atomic E-state index is 0.580. The molecule has 0 fully saturated rings. The fraction of sp³-hybridized carbons (Fsp3) is 0.0714. The van der Waals surface area contributed by atoms with Crippen molar-refractivity contribution in [2.45, 2.75) is 6.54 Å². The second-order valence-corrected chi connectivity index (χ2v) is 4.85. The molecule has 0 atom stereocenters. The lowest BCUT2D eigenvalue weighted by Gasteiger charge is -2.02. The number of para-hydroxylation sites is 2. The van der Waals surface area contributed by atoms with Gasteiger partial charge in [0.05, 0.1) is 6.54 Å². The van der Waals surface area contributed by atoms with E-state index in [1.807, 2.05) is 48.5 Å². The lowest BCUT2D eigenvalue weighted by molar-refractivity contribution is 0.540. The smallest absolute Gasteiger partial charge is 0.214 e. The normalized spacial score (nSPS) is 10.7. The molecule has 0 radical (unpaired) electrons. The molecule has 0 spiro atoms. The maximum atomic E-state index is 5.63. The fourth-order valence-electron chi connectivity index (χ4n) is 1.74. The zero-order chi connectivity index (χ0) is 12.4. The van der Waals surface area contributed by atoms with Crippen molar-refractivity contribution >= 4 is 32.7 Å². The zero-order valence-corrected chi connectivity index (χ0v) is 11.1. The van der Waals surface area contributed by atoms with Gasteiger partial charge in [0, 0.05) is 10.2 Å². The maximum Gasteiger partial charge on any atom is 0.214 e. The van der Waals surface area contributed by atoms with Crippen molar-refractivity contribution in [1.82, 2.24) is 4.98 Å². The molecule has 2 aromatic carbocycles. The Labute approximate surface area is 113 Å². The molecule has 0 saturated heterocycles. The molecular formula is C14H11BrN2O. The van der Waals surface area contributed by atoms with E-state index in [1.54, 1.807) is 0 Å². The number of hydrogen-bond donors (Lipinski definition) is 1. The van der Waals surface area contributed by atoms with Crippen LogP contribution in [0.15, 0.2) is 57.4 Å². The van der Waals surface area contributed by atoms with Crippen LogP contribution in [0.1, 0.15) is 5.89 Å². The van der Waals surface area contributed by atoms with Crippen LogP contribution in [0.5, 0.6) is 0 Å². The van der Waals surface area contributed by atoms with Crippen LogP contribution in [0.2, 0.25) is 0 Å². The summed E-state index contributed by atoms with van der Waals surface area (Å²) in [6.45, 7) is 0.580. The Balaban J connectivity index is 1.74. The van der Waals surface area contributed by atoms with E-state index in [9.17, 15) is 0 Å². The number of nitrogens with one attached hydrogen (secondary N) is 1. The Hall–Kier alpha value is -1.81. The molecular weight excluding hydrogens is 292 g/mol. The molecule has 1 heterocycles. The highest BCUT2D eigenvalue weighted by atomic mass is 79.9. The molecule has 3 rings (SSSR count). The van der Waals surface area contributed by atoms with Gasteiger partial charge >= 0.3 is 0 Å². The highest BCUT2D eigenvalue weighted by molar-refractivity contribution is 9.10. The fourth-order valence-corrected chi connectivity index (χ4v) is 2.01. The highest BCUT2D eigenvalue weighted by Crippen LogP contribution is 2.17. The summed E-state index contributed by atoms with van der Waals surface area (Å²) in [6.07, 6.45) is 0. The van der Waals surface area contributed by atoms with Gasteiger partial charge in [-0.15, -0.1) is 0 Å². The van der Waals surface area contributed by atoms with E-state index in [2.05, 4.69) is 26.2 Å². The minimum absolute atomic E-state index is 0.580. The monoisotopic (exact) mass is 302 g/mol. The third kappa shape index (κ3) is 2.38. The number of aromatic nitrogens is 1. The third-order valence-electron chi connectivity index (χ3n) is 2.63. The van der Waals surface area contributed by atoms with Gasteiger partial charge in [0.15, 0.2) is 5.58 Å². The average molecular weight is 303 g/mol. The van der Waals surface area contributed by atoms with E-state index in [4.69, 9.17) is 4.42 Å². The van der Waals surface area contributed by atoms with Gasteiger partial charge in [-0.05, 0) is 36.4 Å². The first kappa shape index (κ1) is 11.3. The zero-order valence-electron chi connectivity index (χ0n) is 9.56. The van der Waals surface area contributed by atoms with Crippen molar-refractivity contribution in [3.8, 4) is 0 Å².